The number of aromatic nitrogens is 2. The van der Waals surface area contributed by atoms with E-state index in [1.165, 1.54) is 38.5 Å². The summed E-state index contributed by atoms with van der Waals surface area (Å²) in [5.41, 5.74) is 0. The molecule has 0 aliphatic heterocycles. The fourth-order valence-electron chi connectivity index (χ4n) is 2.83. The highest BCUT2D eigenvalue weighted by molar-refractivity contribution is 4.85. The van der Waals surface area contributed by atoms with Crippen molar-refractivity contribution in [1.82, 2.24) is 15.5 Å². The molecule has 1 aromatic heterocycles. The van der Waals surface area contributed by atoms with Crippen molar-refractivity contribution < 1.29 is 4.42 Å². The monoisotopic (exact) mass is 265 g/mol. The zero-order valence-electron chi connectivity index (χ0n) is 12.2. The van der Waals surface area contributed by atoms with Crippen LogP contribution in [-0.4, -0.2) is 23.3 Å². The van der Waals surface area contributed by atoms with Crippen LogP contribution in [0.1, 0.15) is 63.7 Å². The summed E-state index contributed by atoms with van der Waals surface area (Å²) in [7, 11) is 0. The fraction of sp³-hybridized carbons (Fsp3) is 0.867. The Kier molecular flexibility index (Phi) is 6.34. The summed E-state index contributed by atoms with van der Waals surface area (Å²) >= 11 is 0. The van der Waals surface area contributed by atoms with Crippen molar-refractivity contribution in [3.63, 3.8) is 0 Å². The summed E-state index contributed by atoms with van der Waals surface area (Å²) < 4.78 is 5.76. The Morgan fingerprint density at radius 2 is 1.84 bits per heavy atom. The van der Waals surface area contributed by atoms with Gasteiger partial charge in [-0.1, -0.05) is 32.6 Å². The Morgan fingerprint density at radius 3 is 2.58 bits per heavy atom. The van der Waals surface area contributed by atoms with Crippen molar-refractivity contribution in [2.45, 2.75) is 64.7 Å². The summed E-state index contributed by atoms with van der Waals surface area (Å²) in [5, 5.41) is 11.7. The second kappa shape index (κ2) is 8.31. The predicted molar refractivity (Wildman–Crippen MR) is 76.1 cm³/mol. The molecule has 1 heterocycles. The van der Waals surface area contributed by atoms with Gasteiger partial charge >= 0.3 is 0 Å². The molecule has 0 unspecified atom stereocenters. The van der Waals surface area contributed by atoms with Gasteiger partial charge in [-0.3, -0.25) is 0 Å². The molecule has 0 spiro atoms. The van der Waals surface area contributed by atoms with E-state index in [9.17, 15) is 0 Å². The summed E-state index contributed by atoms with van der Waals surface area (Å²) in [6.45, 7) is 4.17. The van der Waals surface area contributed by atoms with E-state index in [4.69, 9.17) is 4.42 Å². The van der Waals surface area contributed by atoms with Crippen LogP contribution in [-0.2, 0) is 12.8 Å². The Hall–Kier alpha value is -0.900. The van der Waals surface area contributed by atoms with Crippen LogP contribution in [0.5, 0.6) is 0 Å². The molecule has 0 radical (unpaired) electrons. The third-order valence-electron chi connectivity index (χ3n) is 3.94. The van der Waals surface area contributed by atoms with Gasteiger partial charge in [0.1, 0.15) is 0 Å². The van der Waals surface area contributed by atoms with Crippen LogP contribution in [0.4, 0.5) is 0 Å². The smallest absolute Gasteiger partial charge is 0.216 e. The molecule has 1 aliphatic rings. The third kappa shape index (κ3) is 5.31. The van der Waals surface area contributed by atoms with Gasteiger partial charge in [-0.15, -0.1) is 10.2 Å². The number of aryl methyl sites for hydroxylation is 1. The van der Waals surface area contributed by atoms with Gasteiger partial charge < -0.3 is 9.73 Å². The number of rotatable bonds is 7. The Labute approximate surface area is 116 Å². The quantitative estimate of drug-likeness (QED) is 0.608. The second-order valence-corrected chi connectivity index (χ2v) is 5.61. The van der Waals surface area contributed by atoms with Gasteiger partial charge in [-0.05, 0) is 38.3 Å². The van der Waals surface area contributed by atoms with E-state index in [1.54, 1.807) is 0 Å². The van der Waals surface area contributed by atoms with Gasteiger partial charge in [0.05, 0.1) is 0 Å². The van der Waals surface area contributed by atoms with Crippen LogP contribution < -0.4 is 5.32 Å². The van der Waals surface area contributed by atoms with Crippen LogP contribution >= 0.6 is 0 Å². The summed E-state index contributed by atoms with van der Waals surface area (Å²) in [4.78, 5) is 0. The second-order valence-electron chi connectivity index (χ2n) is 5.61. The van der Waals surface area contributed by atoms with Gasteiger partial charge in [-0.2, -0.15) is 0 Å². The Balaban J connectivity index is 1.73. The normalized spacial score (nSPS) is 17.5. The van der Waals surface area contributed by atoms with Gasteiger partial charge in [0.15, 0.2) is 0 Å². The van der Waals surface area contributed by atoms with Crippen LogP contribution in [0.3, 0.4) is 0 Å². The molecule has 1 aliphatic carbocycles. The van der Waals surface area contributed by atoms with Crippen LogP contribution in [0.25, 0.3) is 0 Å². The molecule has 0 amide bonds. The van der Waals surface area contributed by atoms with Gasteiger partial charge in [0, 0.05) is 12.8 Å². The maximum atomic E-state index is 5.76. The summed E-state index contributed by atoms with van der Waals surface area (Å²) in [6.07, 6.45) is 11.1. The van der Waals surface area contributed by atoms with Crippen molar-refractivity contribution >= 4 is 0 Å². The molecule has 1 N–H and O–H groups in total. The number of nitrogens with zero attached hydrogens (tertiary/aromatic N) is 2. The first-order chi connectivity index (χ1) is 9.38. The number of nitrogens with one attached hydrogen (secondary N) is 1. The van der Waals surface area contributed by atoms with Crippen LogP contribution in [0, 0.1) is 5.92 Å². The lowest BCUT2D eigenvalue weighted by molar-refractivity contribution is 0.378. The van der Waals surface area contributed by atoms with Crippen LogP contribution in [0.2, 0.25) is 0 Å². The average Bonchev–Trinajstić information content (AvgIpc) is 2.69. The molecule has 1 fully saturated rings. The molecule has 108 valence electrons. The van der Waals surface area contributed by atoms with Gasteiger partial charge in [0.2, 0.25) is 11.8 Å². The Morgan fingerprint density at radius 1 is 1.11 bits per heavy atom. The highest BCUT2D eigenvalue weighted by Crippen LogP contribution is 2.25. The molecular weight excluding hydrogens is 238 g/mol. The SMILES string of the molecule is CCNCCCc1nnc(CC2CCCCCC2)o1. The van der Waals surface area contributed by atoms with Gasteiger partial charge in [0.25, 0.3) is 0 Å². The van der Waals surface area contributed by atoms with Crippen molar-refractivity contribution in [2.24, 2.45) is 5.92 Å². The van der Waals surface area contributed by atoms with Gasteiger partial charge in [-0.25, -0.2) is 0 Å². The number of hydrogen-bond acceptors (Lipinski definition) is 4. The minimum Gasteiger partial charge on any atom is -0.425 e. The first-order valence-corrected chi connectivity index (χ1v) is 7.90. The van der Waals surface area contributed by atoms with E-state index in [0.717, 1.165) is 50.1 Å². The van der Waals surface area contributed by atoms with E-state index < -0.39 is 0 Å². The highest BCUT2D eigenvalue weighted by Gasteiger charge is 2.16. The molecule has 19 heavy (non-hydrogen) atoms. The Bertz CT molecular complexity index is 343. The molecule has 4 heteroatoms. The van der Waals surface area contributed by atoms with Crippen molar-refractivity contribution in [1.29, 1.82) is 0 Å². The maximum Gasteiger partial charge on any atom is 0.216 e. The molecule has 0 aromatic carbocycles. The van der Waals surface area contributed by atoms with E-state index >= 15 is 0 Å². The lowest BCUT2D eigenvalue weighted by atomic mass is 9.97. The lowest BCUT2D eigenvalue weighted by Crippen LogP contribution is -2.14. The molecule has 2 rings (SSSR count). The fourth-order valence-corrected chi connectivity index (χ4v) is 2.83. The average molecular weight is 265 g/mol. The molecule has 0 atom stereocenters. The van der Waals surface area contributed by atoms with Crippen molar-refractivity contribution in [3.8, 4) is 0 Å². The van der Waals surface area contributed by atoms with Crippen molar-refractivity contribution in [3.05, 3.63) is 11.8 Å². The molecular formula is C15H27N3O. The molecule has 1 saturated carbocycles. The maximum absolute atomic E-state index is 5.76. The standard InChI is InChI=1S/C15H27N3O/c1-2-16-11-7-10-14-17-18-15(19-14)12-13-8-5-3-4-6-9-13/h13,16H,2-12H2,1H3. The highest BCUT2D eigenvalue weighted by atomic mass is 16.4. The van der Waals surface area contributed by atoms with Crippen molar-refractivity contribution in [2.75, 3.05) is 13.1 Å². The topological polar surface area (TPSA) is 51.0 Å². The van der Waals surface area contributed by atoms with E-state index in [-0.39, 0.29) is 0 Å². The first kappa shape index (κ1) is 14.5. The first-order valence-electron chi connectivity index (χ1n) is 7.90. The van der Waals surface area contributed by atoms with Crippen LogP contribution in [0.15, 0.2) is 4.42 Å². The molecule has 0 bridgehead atoms. The third-order valence-corrected chi connectivity index (χ3v) is 3.94. The zero-order chi connectivity index (χ0) is 13.3. The molecule has 1 aromatic rings. The summed E-state index contributed by atoms with van der Waals surface area (Å²) in [6, 6.07) is 0. The number of hydrogen-bond donors (Lipinski definition) is 1. The van der Waals surface area contributed by atoms with E-state index in [0.29, 0.717) is 0 Å². The largest absolute Gasteiger partial charge is 0.425 e. The predicted octanol–water partition coefficient (Wildman–Crippen LogP) is 3.12. The lowest BCUT2D eigenvalue weighted by Gasteiger charge is -2.10. The summed E-state index contributed by atoms with van der Waals surface area (Å²) in [5.74, 6) is 2.42. The minimum absolute atomic E-state index is 0.762. The molecule has 0 saturated heterocycles. The zero-order valence-corrected chi connectivity index (χ0v) is 12.2. The molecule has 4 nitrogen and oxygen atoms in total. The van der Waals surface area contributed by atoms with E-state index in [2.05, 4.69) is 22.4 Å². The van der Waals surface area contributed by atoms with E-state index in [1.807, 2.05) is 0 Å². The minimum atomic E-state index is 0.762.